The van der Waals surface area contributed by atoms with E-state index < -0.39 is 10.0 Å². The van der Waals surface area contributed by atoms with Crippen molar-refractivity contribution in [2.24, 2.45) is 0 Å². The van der Waals surface area contributed by atoms with E-state index in [2.05, 4.69) is 10.2 Å². The third-order valence-electron chi connectivity index (χ3n) is 5.92. The van der Waals surface area contributed by atoms with E-state index in [1.54, 1.807) is 27.4 Å². The van der Waals surface area contributed by atoms with Gasteiger partial charge in [-0.3, -0.25) is 4.79 Å². The summed E-state index contributed by atoms with van der Waals surface area (Å²) in [5, 5.41) is 8.43. The molecular weight excluding hydrogens is 460 g/mol. The first-order valence-electron chi connectivity index (χ1n) is 11.0. The molecule has 0 unspecified atom stereocenters. The molecule has 2 aliphatic heterocycles. The Morgan fingerprint density at radius 3 is 2.58 bits per heavy atom. The number of amides is 1. The fourth-order valence-corrected chi connectivity index (χ4v) is 6.44. The number of fused-ring (bicyclic) bond motifs is 1. The first kappa shape index (κ1) is 22.1. The summed E-state index contributed by atoms with van der Waals surface area (Å²) < 4.78 is 33.1. The molecule has 2 aromatic carbocycles. The molecule has 0 bridgehead atoms. The van der Waals surface area contributed by atoms with Crippen molar-refractivity contribution in [1.29, 1.82) is 0 Å². The second-order valence-corrected chi connectivity index (χ2v) is 10.9. The maximum Gasteiger partial charge on any atom is 0.277 e. The zero-order valence-corrected chi connectivity index (χ0v) is 19.6. The highest BCUT2D eigenvalue weighted by atomic mass is 32.2. The predicted octanol–water partition coefficient (Wildman–Crippen LogP) is 3.59. The number of rotatable bonds is 6. The number of carbonyl (C=O) groups excluding carboxylic acids is 1. The Morgan fingerprint density at radius 2 is 1.79 bits per heavy atom. The predicted molar refractivity (Wildman–Crippen MR) is 126 cm³/mol. The average Bonchev–Trinajstić information content (AvgIpc) is 3.55. The van der Waals surface area contributed by atoms with Crippen molar-refractivity contribution in [3.63, 3.8) is 0 Å². The van der Waals surface area contributed by atoms with E-state index in [0.29, 0.717) is 35.6 Å². The van der Waals surface area contributed by atoms with Gasteiger partial charge in [-0.05, 0) is 61.6 Å². The van der Waals surface area contributed by atoms with Crippen molar-refractivity contribution in [2.75, 3.05) is 30.3 Å². The van der Waals surface area contributed by atoms with Crippen LogP contribution in [-0.2, 0) is 21.2 Å². The van der Waals surface area contributed by atoms with Crippen LogP contribution in [0.4, 0.5) is 5.69 Å². The molecule has 2 aliphatic rings. The molecular formula is C23H24N4O4S2. The lowest BCUT2D eigenvalue weighted by molar-refractivity contribution is -0.116. The number of hydrogen-bond acceptors (Lipinski definition) is 7. The summed E-state index contributed by atoms with van der Waals surface area (Å²) in [6.07, 6.45) is 3.34. The van der Waals surface area contributed by atoms with E-state index in [1.807, 2.05) is 30.3 Å². The van der Waals surface area contributed by atoms with Gasteiger partial charge in [0.05, 0.1) is 10.6 Å². The minimum Gasteiger partial charge on any atom is -0.411 e. The van der Waals surface area contributed by atoms with Crippen LogP contribution in [0.3, 0.4) is 0 Å². The number of hydrogen-bond donors (Lipinski definition) is 0. The fraction of sp³-hybridized carbons (Fsp3) is 0.348. The van der Waals surface area contributed by atoms with Crippen LogP contribution in [0.1, 0.15) is 24.8 Å². The van der Waals surface area contributed by atoms with E-state index in [0.717, 1.165) is 42.5 Å². The third kappa shape index (κ3) is 4.55. The van der Waals surface area contributed by atoms with Crippen LogP contribution in [0.15, 0.2) is 63.1 Å². The summed E-state index contributed by atoms with van der Waals surface area (Å²) in [5.74, 6) is 0.500. The summed E-state index contributed by atoms with van der Waals surface area (Å²) in [5.41, 5.74) is 2.50. The van der Waals surface area contributed by atoms with E-state index in [4.69, 9.17) is 4.42 Å². The van der Waals surface area contributed by atoms with Crippen LogP contribution < -0.4 is 4.90 Å². The van der Waals surface area contributed by atoms with E-state index in [-0.39, 0.29) is 11.7 Å². The second kappa shape index (κ2) is 9.28. The molecule has 3 aromatic rings. The summed E-state index contributed by atoms with van der Waals surface area (Å²) in [6.45, 7) is 1.75. The molecule has 33 heavy (non-hydrogen) atoms. The third-order valence-corrected chi connectivity index (χ3v) is 8.62. The molecule has 8 nitrogen and oxygen atoms in total. The van der Waals surface area contributed by atoms with Crippen molar-refractivity contribution in [3.05, 3.63) is 54.1 Å². The quantitative estimate of drug-likeness (QED) is 0.493. The van der Waals surface area contributed by atoms with Gasteiger partial charge in [0.1, 0.15) is 0 Å². The van der Waals surface area contributed by atoms with Gasteiger partial charge in [-0.25, -0.2) is 8.42 Å². The second-order valence-electron chi connectivity index (χ2n) is 8.08. The van der Waals surface area contributed by atoms with Gasteiger partial charge in [-0.1, -0.05) is 30.0 Å². The van der Waals surface area contributed by atoms with Gasteiger partial charge in [0, 0.05) is 30.9 Å². The molecule has 0 atom stereocenters. The monoisotopic (exact) mass is 484 g/mol. The zero-order valence-electron chi connectivity index (χ0n) is 18.0. The molecule has 0 aliphatic carbocycles. The van der Waals surface area contributed by atoms with Gasteiger partial charge in [-0.2, -0.15) is 4.31 Å². The van der Waals surface area contributed by atoms with Crippen LogP contribution in [0.2, 0.25) is 0 Å². The molecule has 10 heteroatoms. The average molecular weight is 485 g/mol. The number of nitrogens with zero attached hydrogens (tertiary/aromatic N) is 4. The molecule has 1 fully saturated rings. The zero-order chi connectivity index (χ0) is 22.8. The first-order chi connectivity index (χ1) is 16.0. The molecule has 1 saturated heterocycles. The molecule has 5 rings (SSSR count). The Morgan fingerprint density at radius 1 is 1.00 bits per heavy atom. The highest BCUT2D eigenvalue weighted by Gasteiger charge is 2.30. The van der Waals surface area contributed by atoms with E-state index >= 15 is 0 Å². The first-order valence-corrected chi connectivity index (χ1v) is 13.4. The molecule has 3 heterocycles. The fourth-order valence-electron chi connectivity index (χ4n) is 4.24. The van der Waals surface area contributed by atoms with Crippen molar-refractivity contribution < 1.29 is 17.6 Å². The SMILES string of the molecule is O=C(CSc1nnc(-c2ccccc2)o1)N1CCCc2cc(S(=O)(=O)N3CCCC3)ccc21. The van der Waals surface area contributed by atoms with Crippen LogP contribution in [0.5, 0.6) is 0 Å². The largest absolute Gasteiger partial charge is 0.411 e. The number of aromatic nitrogens is 2. The van der Waals surface area contributed by atoms with Gasteiger partial charge >= 0.3 is 0 Å². The van der Waals surface area contributed by atoms with Crippen molar-refractivity contribution in [2.45, 2.75) is 35.8 Å². The Balaban J connectivity index is 1.28. The van der Waals surface area contributed by atoms with Gasteiger partial charge in [0.2, 0.25) is 21.8 Å². The van der Waals surface area contributed by atoms with Gasteiger partial charge in [0.15, 0.2) is 0 Å². The molecule has 0 saturated carbocycles. The highest BCUT2D eigenvalue weighted by Crippen LogP contribution is 2.32. The molecule has 172 valence electrons. The Labute approximate surface area is 197 Å². The van der Waals surface area contributed by atoms with Crippen LogP contribution in [0.25, 0.3) is 11.5 Å². The van der Waals surface area contributed by atoms with Crippen LogP contribution in [0, 0.1) is 0 Å². The Hall–Kier alpha value is -2.69. The van der Waals surface area contributed by atoms with E-state index in [9.17, 15) is 13.2 Å². The number of benzene rings is 2. The Kier molecular flexibility index (Phi) is 6.22. The standard InChI is InChI=1S/C23H24N4O4S2/c28-21(16-32-23-25-24-22(31-23)17-7-2-1-3-8-17)27-14-6-9-18-15-19(10-11-20(18)27)33(29,30)26-12-4-5-13-26/h1-3,7-8,10-11,15H,4-6,9,12-14,16H2. The number of anilines is 1. The lowest BCUT2D eigenvalue weighted by atomic mass is 10.0. The van der Waals surface area contributed by atoms with Crippen molar-refractivity contribution in [3.8, 4) is 11.5 Å². The normalized spacial score (nSPS) is 16.7. The minimum atomic E-state index is -3.48. The summed E-state index contributed by atoms with van der Waals surface area (Å²) in [6, 6.07) is 14.6. The van der Waals surface area contributed by atoms with Gasteiger partial charge in [-0.15, -0.1) is 10.2 Å². The molecule has 0 spiro atoms. The summed E-state index contributed by atoms with van der Waals surface area (Å²) >= 11 is 1.20. The molecule has 0 radical (unpaired) electrons. The van der Waals surface area contributed by atoms with Crippen molar-refractivity contribution >= 4 is 33.4 Å². The smallest absolute Gasteiger partial charge is 0.277 e. The lowest BCUT2D eigenvalue weighted by Crippen LogP contribution is -2.37. The van der Waals surface area contributed by atoms with Crippen LogP contribution >= 0.6 is 11.8 Å². The highest BCUT2D eigenvalue weighted by molar-refractivity contribution is 7.99. The van der Waals surface area contributed by atoms with Gasteiger partial charge < -0.3 is 9.32 Å². The van der Waals surface area contributed by atoms with Crippen molar-refractivity contribution in [1.82, 2.24) is 14.5 Å². The minimum absolute atomic E-state index is 0.0736. The molecule has 1 amide bonds. The number of aryl methyl sites for hydroxylation is 1. The summed E-state index contributed by atoms with van der Waals surface area (Å²) in [4.78, 5) is 15.0. The number of thioether (sulfide) groups is 1. The van der Waals surface area contributed by atoms with Crippen LogP contribution in [-0.4, -0.2) is 54.2 Å². The number of carbonyl (C=O) groups is 1. The molecule has 0 N–H and O–H groups in total. The maximum atomic E-state index is 13.0. The van der Waals surface area contributed by atoms with Gasteiger partial charge in [0.25, 0.3) is 5.22 Å². The topological polar surface area (TPSA) is 96.6 Å². The maximum absolute atomic E-state index is 13.0. The summed E-state index contributed by atoms with van der Waals surface area (Å²) in [7, 11) is -3.48. The van der Waals surface area contributed by atoms with E-state index in [1.165, 1.54) is 11.8 Å². The lowest BCUT2D eigenvalue weighted by Gasteiger charge is -2.30. The molecule has 1 aromatic heterocycles. The Bertz CT molecular complexity index is 1250. The number of sulfonamides is 1.